The average Bonchev–Trinajstić information content (AvgIpc) is 2.60. The number of carbonyl (C=O) groups is 1. The molecule has 2 N–H and O–H groups in total. The van der Waals surface area contributed by atoms with Gasteiger partial charge in [-0.25, -0.2) is 0 Å². The minimum atomic E-state index is -0.364. The Morgan fingerprint density at radius 2 is 2.00 bits per heavy atom. The van der Waals surface area contributed by atoms with E-state index in [9.17, 15) is 9.59 Å². The van der Waals surface area contributed by atoms with E-state index in [2.05, 4.69) is 43.7 Å². The Labute approximate surface area is 166 Å². The van der Waals surface area contributed by atoms with Crippen molar-refractivity contribution in [1.82, 2.24) is 10.3 Å². The fourth-order valence-corrected chi connectivity index (χ4v) is 2.72. The highest BCUT2D eigenvalue weighted by Gasteiger charge is 2.14. The van der Waals surface area contributed by atoms with Gasteiger partial charge in [-0.05, 0) is 42.0 Å². The summed E-state index contributed by atoms with van der Waals surface area (Å²) in [6, 6.07) is 3.12. The van der Waals surface area contributed by atoms with Gasteiger partial charge in [0.05, 0.1) is 0 Å². The van der Waals surface area contributed by atoms with Gasteiger partial charge < -0.3 is 10.3 Å². The van der Waals surface area contributed by atoms with E-state index in [-0.39, 0.29) is 22.0 Å². The van der Waals surface area contributed by atoms with Gasteiger partial charge in [0, 0.05) is 17.3 Å². The largest absolute Gasteiger partial charge is 0.352 e. The number of amides is 1. The molecule has 0 radical (unpaired) electrons. The fraction of sp³-hybridized carbons (Fsp3) is 0.364. The van der Waals surface area contributed by atoms with E-state index < -0.39 is 0 Å². The van der Waals surface area contributed by atoms with Crippen LogP contribution in [0.15, 0.2) is 59.0 Å². The van der Waals surface area contributed by atoms with Crippen LogP contribution in [0.5, 0.6) is 0 Å². The Bertz CT molecular complexity index is 823. The van der Waals surface area contributed by atoms with Crippen LogP contribution in [-0.4, -0.2) is 17.4 Å². The first-order valence-corrected chi connectivity index (χ1v) is 9.36. The van der Waals surface area contributed by atoms with Crippen LogP contribution in [0, 0.1) is 5.41 Å². The molecule has 0 aliphatic heterocycles. The van der Waals surface area contributed by atoms with Crippen molar-refractivity contribution in [2.45, 2.75) is 47.1 Å². The third-order valence-corrected chi connectivity index (χ3v) is 4.53. The van der Waals surface area contributed by atoms with Gasteiger partial charge in [0.2, 0.25) is 6.41 Å². The Morgan fingerprint density at radius 1 is 1.33 bits per heavy atom. The van der Waals surface area contributed by atoms with Crippen LogP contribution < -0.4 is 10.9 Å². The van der Waals surface area contributed by atoms with Gasteiger partial charge in [-0.1, -0.05) is 70.2 Å². The maximum absolute atomic E-state index is 11.9. The lowest BCUT2D eigenvalue weighted by atomic mass is 9.85. The van der Waals surface area contributed by atoms with E-state index in [0.717, 1.165) is 11.1 Å². The van der Waals surface area contributed by atoms with Gasteiger partial charge in [-0.15, -0.1) is 0 Å². The molecule has 0 spiro atoms. The number of H-pyrrole nitrogens is 1. The van der Waals surface area contributed by atoms with E-state index in [1.807, 2.05) is 32.1 Å². The quantitative estimate of drug-likeness (QED) is 0.484. The third kappa shape index (κ3) is 6.72. The van der Waals surface area contributed by atoms with Gasteiger partial charge in [-0.2, -0.15) is 0 Å². The monoisotopic (exact) mass is 388 g/mol. The minimum absolute atomic E-state index is 0.00895. The summed E-state index contributed by atoms with van der Waals surface area (Å²) >= 11 is 5.85. The van der Waals surface area contributed by atoms with Crippen LogP contribution in [0.1, 0.15) is 46.7 Å². The SMILES string of the molecule is C=C(/C=C\C(=C/C)C(C)(C)C)/C(=C\[C@@H](CC)NC=O)c1ccc(Cl)c(=O)[nH]1. The molecule has 0 aromatic carbocycles. The zero-order chi connectivity index (χ0) is 20.6. The molecule has 1 rings (SSSR count). The number of carbonyl (C=O) groups excluding carboxylic acids is 1. The molecule has 4 nitrogen and oxygen atoms in total. The number of rotatable bonds is 8. The normalized spacial score (nSPS) is 14.3. The molecule has 1 aromatic heterocycles. The first-order chi connectivity index (χ1) is 12.6. The number of hydrogen-bond donors (Lipinski definition) is 2. The summed E-state index contributed by atoms with van der Waals surface area (Å²) in [5.74, 6) is 0. The second-order valence-corrected chi connectivity index (χ2v) is 7.69. The molecule has 0 aliphatic rings. The van der Waals surface area contributed by atoms with E-state index in [4.69, 9.17) is 11.6 Å². The minimum Gasteiger partial charge on any atom is -0.352 e. The predicted molar refractivity (Wildman–Crippen MR) is 115 cm³/mol. The summed E-state index contributed by atoms with van der Waals surface area (Å²) in [6.45, 7) is 14.6. The molecule has 0 unspecified atom stereocenters. The zero-order valence-corrected chi connectivity index (χ0v) is 17.5. The summed E-state index contributed by atoms with van der Waals surface area (Å²) in [6.07, 6.45) is 9.29. The second kappa shape index (κ2) is 10.1. The molecule has 0 bridgehead atoms. The van der Waals surface area contributed by atoms with E-state index in [1.54, 1.807) is 12.1 Å². The van der Waals surface area contributed by atoms with Crippen molar-refractivity contribution in [2.24, 2.45) is 5.41 Å². The number of nitrogens with one attached hydrogen (secondary N) is 2. The molecule has 27 heavy (non-hydrogen) atoms. The highest BCUT2D eigenvalue weighted by molar-refractivity contribution is 6.30. The maximum atomic E-state index is 11.9. The smallest absolute Gasteiger partial charge is 0.267 e. The number of pyridine rings is 1. The molecule has 1 amide bonds. The molecule has 0 saturated heterocycles. The standard InChI is InChI=1S/C22H29ClN2O2/c1-7-16(22(4,5)6)10-9-15(3)18(13-17(8-2)24-14-26)20-12-11-19(23)21(27)25-20/h7,9-14,17H,3,8H2,1-2,4-6H3,(H,24,26)(H,25,27)/b10-9-,16-7+,18-13+/t17-/m1/s1. The second-order valence-electron chi connectivity index (χ2n) is 7.28. The van der Waals surface area contributed by atoms with Crippen molar-refractivity contribution in [3.8, 4) is 0 Å². The first kappa shape index (κ1) is 22.7. The van der Waals surface area contributed by atoms with Crippen molar-refractivity contribution >= 4 is 23.6 Å². The van der Waals surface area contributed by atoms with E-state index in [0.29, 0.717) is 18.5 Å². The average molecular weight is 389 g/mol. The number of aromatic amines is 1. The third-order valence-electron chi connectivity index (χ3n) is 4.23. The Hall–Kier alpha value is -2.33. The molecule has 1 atom stereocenters. The van der Waals surface area contributed by atoms with E-state index in [1.165, 1.54) is 5.57 Å². The van der Waals surface area contributed by atoms with Gasteiger partial charge in [0.25, 0.3) is 5.56 Å². The first-order valence-electron chi connectivity index (χ1n) is 8.98. The maximum Gasteiger partial charge on any atom is 0.267 e. The summed E-state index contributed by atoms with van der Waals surface area (Å²) in [5.41, 5.74) is 2.88. The van der Waals surface area contributed by atoms with Crippen LogP contribution >= 0.6 is 11.6 Å². The van der Waals surface area contributed by atoms with Crippen LogP contribution in [0.2, 0.25) is 5.02 Å². The number of halogens is 1. The number of aromatic nitrogens is 1. The highest BCUT2D eigenvalue weighted by atomic mass is 35.5. The van der Waals surface area contributed by atoms with Crippen molar-refractivity contribution < 1.29 is 4.79 Å². The van der Waals surface area contributed by atoms with Crippen LogP contribution in [0.4, 0.5) is 0 Å². The topological polar surface area (TPSA) is 62.0 Å². The molecular formula is C22H29ClN2O2. The molecule has 0 fully saturated rings. The molecule has 0 aliphatic carbocycles. The van der Waals surface area contributed by atoms with E-state index >= 15 is 0 Å². The predicted octanol–water partition coefficient (Wildman–Crippen LogP) is 5.04. The van der Waals surface area contributed by atoms with Gasteiger partial charge in [0.1, 0.15) is 5.02 Å². The summed E-state index contributed by atoms with van der Waals surface area (Å²) in [5, 5.41) is 2.89. The number of allylic oxidation sites excluding steroid dienone is 6. The fourth-order valence-electron chi connectivity index (χ4n) is 2.61. The van der Waals surface area contributed by atoms with Crippen LogP contribution in [0.3, 0.4) is 0 Å². The zero-order valence-electron chi connectivity index (χ0n) is 16.7. The Morgan fingerprint density at radius 3 is 2.48 bits per heavy atom. The summed E-state index contributed by atoms with van der Waals surface area (Å²) in [4.78, 5) is 25.6. The van der Waals surface area contributed by atoms with Crippen molar-refractivity contribution in [2.75, 3.05) is 0 Å². The van der Waals surface area contributed by atoms with Crippen molar-refractivity contribution in [1.29, 1.82) is 0 Å². The van der Waals surface area contributed by atoms with Gasteiger partial charge in [-0.3, -0.25) is 9.59 Å². The summed E-state index contributed by atoms with van der Waals surface area (Å²) < 4.78 is 0. The molecule has 5 heteroatoms. The van der Waals surface area contributed by atoms with Crippen molar-refractivity contribution in [3.05, 3.63) is 75.2 Å². The lowest BCUT2D eigenvalue weighted by Crippen LogP contribution is -2.25. The van der Waals surface area contributed by atoms with Crippen molar-refractivity contribution in [3.63, 3.8) is 0 Å². The summed E-state index contributed by atoms with van der Waals surface area (Å²) in [7, 11) is 0. The molecule has 0 saturated carbocycles. The van der Waals surface area contributed by atoms with Crippen LogP contribution in [-0.2, 0) is 4.79 Å². The van der Waals surface area contributed by atoms with Crippen LogP contribution in [0.25, 0.3) is 5.57 Å². The molecular weight excluding hydrogens is 360 g/mol. The van der Waals surface area contributed by atoms with Gasteiger partial charge in [0.15, 0.2) is 0 Å². The lowest BCUT2D eigenvalue weighted by Gasteiger charge is -2.20. The molecule has 146 valence electrons. The number of hydrogen-bond acceptors (Lipinski definition) is 2. The molecule has 1 aromatic rings. The lowest BCUT2D eigenvalue weighted by molar-refractivity contribution is -0.109. The van der Waals surface area contributed by atoms with Gasteiger partial charge >= 0.3 is 0 Å². The Kier molecular flexibility index (Phi) is 8.51. The Balaban J connectivity index is 3.38. The molecule has 1 heterocycles. The highest BCUT2D eigenvalue weighted by Crippen LogP contribution is 2.28.